The first-order chi connectivity index (χ1) is 21.6. The zero-order valence-corrected chi connectivity index (χ0v) is 27.9. The molecule has 0 aliphatic carbocycles. The predicted molar refractivity (Wildman–Crippen MR) is 183 cm³/mol. The Hall–Kier alpha value is -3.71. The second kappa shape index (κ2) is 16.0. The van der Waals surface area contributed by atoms with E-state index in [9.17, 15) is 19.5 Å². The highest BCUT2D eigenvalue weighted by Crippen LogP contribution is 2.32. The Morgan fingerprint density at radius 2 is 1.67 bits per heavy atom. The van der Waals surface area contributed by atoms with Crippen molar-refractivity contribution in [2.24, 2.45) is 4.99 Å². The lowest BCUT2D eigenvalue weighted by atomic mass is 10.1. The molecule has 2 aromatic carbocycles. The number of guanidine groups is 1. The Labute approximate surface area is 278 Å². The van der Waals surface area contributed by atoms with Crippen LogP contribution in [0.2, 0.25) is 5.02 Å². The number of amides is 2. The molecule has 0 spiro atoms. The number of benzene rings is 2. The summed E-state index contributed by atoms with van der Waals surface area (Å²) in [6.07, 6.45) is 3.34. The number of aliphatic imine (C=N–C) groups is 1. The SMILES string of the molecule is CCN(CC)c1ccc(/C=C2\SC(=S)N(CCC(=O)[O-])C2=O)cc1.C[NH+]1CCN(C2=N/C(=C\c3ccc(Cl)cc3)C(=O)N2)CC1. The minimum atomic E-state index is -1.19. The molecule has 0 bridgehead atoms. The van der Waals surface area contributed by atoms with Gasteiger partial charge in [-0.1, -0.05) is 59.8 Å². The van der Waals surface area contributed by atoms with Gasteiger partial charge in [-0.05, 0) is 61.4 Å². The van der Waals surface area contributed by atoms with Gasteiger partial charge in [0.05, 0.1) is 38.1 Å². The first kappa shape index (κ1) is 34.2. The van der Waals surface area contributed by atoms with E-state index >= 15 is 0 Å². The van der Waals surface area contributed by atoms with E-state index in [-0.39, 0.29) is 24.8 Å². The highest BCUT2D eigenvalue weighted by atomic mass is 35.5. The summed E-state index contributed by atoms with van der Waals surface area (Å²) in [5.74, 6) is -0.918. The van der Waals surface area contributed by atoms with E-state index in [0.29, 0.717) is 25.9 Å². The summed E-state index contributed by atoms with van der Waals surface area (Å²) in [4.78, 5) is 47.0. The maximum Gasteiger partial charge on any atom is 0.276 e. The molecule has 2 N–H and O–H groups in total. The van der Waals surface area contributed by atoms with Crippen LogP contribution >= 0.6 is 35.6 Å². The summed E-state index contributed by atoms with van der Waals surface area (Å²) < 4.78 is 0.382. The number of thiocarbonyl (C=S) groups is 1. The van der Waals surface area contributed by atoms with Crippen LogP contribution in [-0.2, 0) is 14.4 Å². The highest BCUT2D eigenvalue weighted by Gasteiger charge is 2.31. The van der Waals surface area contributed by atoms with Crippen molar-refractivity contribution in [3.05, 3.63) is 75.3 Å². The first-order valence-corrected chi connectivity index (χ1v) is 16.4. The fraction of sp³-hybridized carbons (Fsp3) is 0.344. The quantitative estimate of drug-likeness (QED) is 0.324. The van der Waals surface area contributed by atoms with Gasteiger partial charge in [-0.2, -0.15) is 0 Å². The van der Waals surface area contributed by atoms with Crippen molar-refractivity contribution < 1.29 is 24.4 Å². The first-order valence-electron chi connectivity index (χ1n) is 14.8. The zero-order valence-electron chi connectivity index (χ0n) is 25.5. The van der Waals surface area contributed by atoms with Gasteiger partial charge in [-0.3, -0.25) is 19.8 Å². The molecule has 0 radical (unpaired) electrons. The summed E-state index contributed by atoms with van der Waals surface area (Å²) in [7, 11) is 2.18. The molecule has 3 heterocycles. The molecule has 0 unspecified atom stereocenters. The van der Waals surface area contributed by atoms with E-state index in [1.165, 1.54) is 21.6 Å². The van der Waals surface area contributed by atoms with Crippen molar-refractivity contribution in [2.75, 3.05) is 57.8 Å². The van der Waals surface area contributed by atoms with Crippen LogP contribution in [0.3, 0.4) is 0 Å². The van der Waals surface area contributed by atoms with Crippen LogP contribution in [-0.4, -0.2) is 90.7 Å². The van der Waals surface area contributed by atoms with Crippen LogP contribution in [0.15, 0.2) is 64.1 Å². The van der Waals surface area contributed by atoms with Gasteiger partial charge in [-0.25, -0.2) is 4.99 Å². The number of carboxylic acids is 1. The molecule has 3 aliphatic heterocycles. The van der Waals surface area contributed by atoms with Crippen LogP contribution in [0.5, 0.6) is 0 Å². The Kier molecular flexibility index (Phi) is 12.2. The standard InChI is InChI=1S/C17H20N2O3S2.C15H17ClN4O/c1-3-18(4-2)13-7-5-12(6-8-13)11-14-16(22)19(17(23)24-14)10-9-15(20)21;1-19-6-8-20(9-7-19)15-17-13(14(21)18-15)10-11-2-4-12(16)5-3-11/h5-8,11H,3-4,9-10H2,1-2H3,(H,20,21);2-5,10H,6-9H2,1H3,(H,17,18,21)/b14-11-;13-10-. The number of hydrogen-bond donors (Lipinski definition) is 2. The maximum absolute atomic E-state index is 12.3. The lowest BCUT2D eigenvalue weighted by Crippen LogP contribution is -3.12. The number of nitrogens with one attached hydrogen (secondary N) is 2. The van der Waals surface area contributed by atoms with Gasteiger partial charge in [0.25, 0.3) is 11.8 Å². The molecule has 0 aromatic heterocycles. The summed E-state index contributed by atoms with van der Waals surface area (Å²) in [6.45, 7) is 10.1. The second-order valence-electron chi connectivity index (χ2n) is 10.6. The molecule has 5 rings (SSSR count). The molecule has 0 saturated carbocycles. The van der Waals surface area contributed by atoms with Gasteiger partial charge in [-0.15, -0.1) is 0 Å². The monoisotopic (exact) mass is 668 g/mol. The van der Waals surface area contributed by atoms with E-state index in [0.717, 1.165) is 56.1 Å². The van der Waals surface area contributed by atoms with Crippen LogP contribution in [0.4, 0.5) is 5.69 Å². The lowest BCUT2D eigenvalue weighted by molar-refractivity contribution is -0.883. The van der Waals surface area contributed by atoms with Crippen molar-refractivity contribution in [1.82, 2.24) is 15.1 Å². The number of quaternary nitrogens is 1. The molecular formula is C32H37ClN6O4S2. The average Bonchev–Trinajstić information content (AvgIpc) is 3.52. The molecule has 2 aromatic rings. The molecule has 10 nitrogen and oxygen atoms in total. The molecule has 2 saturated heterocycles. The number of halogens is 1. The molecular weight excluding hydrogens is 632 g/mol. The van der Waals surface area contributed by atoms with Crippen LogP contribution in [0.1, 0.15) is 31.4 Å². The van der Waals surface area contributed by atoms with Gasteiger partial charge in [0.1, 0.15) is 10.0 Å². The molecule has 13 heteroatoms. The van der Waals surface area contributed by atoms with Crippen LogP contribution < -0.4 is 20.2 Å². The topological polar surface area (TPSA) is 113 Å². The van der Waals surface area contributed by atoms with Crippen molar-refractivity contribution in [1.29, 1.82) is 0 Å². The molecule has 238 valence electrons. The number of piperazine rings is 1. The van der Waals surface area contributed by atoms with Gasteiger partial charge in [0.2, 0.25) is 5.96 Å². The third kappa shape index (κ3) is 9.40. The van der Waals surface area contributed by atoms with Crippen LogP contribution in [0, 0.1) is 0 Å². The number of rotatable bonds is 8. The Morgan fingerprint density at radius 3 is 2.27 bits per heavy atom. The number of anilines is 1. The molecule has 45 heavy (non-hydrogen) atoms. The molecule has 2 fully saturated rings. The third-order valence-electron chi connectivity index (χ3n) is 7.51. The molecule has 3 aliphatic rings. The summed E-state index contributed by atoms with van der Waals surface area (Å²) in [5.41, 5.74) is 3.40. The number of hydrogen-bond acceptors (Lipinski definition) is 9. The van der Waals surface area contributed by atoms with E-state index in [1.54, 1.807) is 24.3 Å². The van der Waals surface area contributed by atoms with Gasteiger partial charge in [0.15, 0.2) is 0 Å². The fourth-order valence-corrected chi connectivity index (χ4v) is 6.28. The largest absolute Gasteiger partial charge is 0.550 e. The van der Waals surface area contributed by atoms with Crippen molar-refractivity contribution >= 4 is 81.5 Å². The number of likely N-dealkylation sites (N-methyl/N-ethyl adjacent to an activating group) is 1. The average molecular weight is 669 g/mol. The number of aliphatic carboxylic acids is 1. The smallest absolute Gasteiger partial charge is 0.276 e. The van der Waals surface area contributed by atoms with E-state index in [2.05, 4.69) is 41.0 Å². The third-order valence-corrected chi connectivity index (χ3v) is 9.14. The normalized spacial score (nSPS) is 18.7. The zero-order chi connectivity index (χ0) is 32.5. The Bertz CT molecular complexity index is 1500. The predicted octanol–water partition coefficient (Wildman–Crippen LogP) is 1.87. The minimum Gasteiger partial charge on any atom is -0.550 e. The van der Waals surface area contributed by atoms with E-state index in [1.807, 2.05) is 36.4 Å². The minimum absolute atomic E-state index is 0.0469. The number of nitrogens with zero attached hydrogens (tertiary/aromatic N) is 4. The van der Waals surface area contributed by atoms with Crippen LogP contribution in [0.25, 0.3) is 12.2 Å². The Balaban J connectivity index is 0.000000206. The van der Waals surface area contributed by atoms with Gasteiger partial charge in [0, 0.05) is 42.7 Å². The van der Waals surface area contributed by atoms with Crippen molar-refractivity contribution in [3.8, 4) is 0 Å². The Morgan fingerprint density at radius 1 is 1.07 bits per heavy atom. The fourth-order valence-electron chi connectivity index (χ4n) is 4.84. The number of carbonyl (C=O) groups excluding carboxylic acids is 3. The highest BCUT2D eigenvalue weighted by molar-refractivity contribution is 8.26. The molecule has 2 amide bonds. The molecule has 0 atom stereocenters. The number of carbonyl (C=O) groups is 3. The number of carboxylic acid groups (broad SMARTS) is 1. The maximum atomic E-state index is 12.3. The van der Waals surface area contributed by atoms with Crippen molar-refractivity contribution in [2.45, 2.75) is 20.3 Å². The van der Waals surface area contributed by atoms with E-state index < -0.39 is 5.97 Å². The summed E-state index contributed by atoms with van der Waals surface area (Å²) in [6, 6.07) is 15.3. The van der Waals surface area contributed by atoms with E-state index in [4.69, 9.17) is 23.8 Å². The summed E-state index contributed by atoms with van der Waals surface area (Å²) in [5, 5.41) is 14.1. The second-order valence-corrected chi connectivity index (χ2v) is 12.7. The van der Waals surface area contributed by atoms with Gasteiger partial charge >= 0.3 is 0 Å². The van der Waals surface area contributed by atoms with Gasteiger partial charge < -0.3 is 24.6 Å². The lowest BCUT2D eigenvalue weighted by Gasteiger charge is -2.30. The van der Waals surface area contributed by atoms with Crippen molar-refractivity contribution in [3.63, 3.8) is 0 Å². The summed E-state index contributed by atoms with van der Waals surface area (Å²) >= 11 is 12.2. The number of thioether (sulfide) groups is 1.